The first-order valence-electron chi connectivity index (χ1n) is 8.94. The van der Waals surface area contributed by atoms with Crippen molar-refractivity contribution in [1.29, 1.82) is 0 Å². The van der Waals surface area contributed by atoms with E-state index in [2.05, 4.69) is 20.5 Å². The van der Waals surface area contributed by atoms with Crippen molar-refractivity contribution in [2.24, 2.45) is 0 Å². The normalized spacial score (nSPS) is 10.5. The minimum Gasteiger partial charge on any atom is -0.491 e. The van der Waals surface area contributed by atoms with Crippen molar-refractivity contribution >= 4 is 40.5 Å². The number of rotatable bonds is 9. The second kappa shape index (κ2) is 10.2. The molecule has 0 atom stereocenters. The van der Waals surface area contributed by atoms with E-state index in [0.717, 1.165) is 15.0 Å². The summed E-state index contributed by atoms with van der Waals surface area (Å²) >= 11 is 3.05. The largest absolute Gasteiger partial charge is 0.491 e. The third kappa shape index (κ3) is 6.01. The van der Waals surface area contributed by atoms with Crippen LogP contribution in [0.4, 0.5) is 5.69 Å². The lowest BCUT2D eigenvalue weighted by molar-refractivity contribution is -0.118. The molecule has 0 saturated heterocycles. The number of nitrogens with zero attached hydrogens (tertiary/aromatic N) is 3. The van der Waals surface area contributed by atoms with Crippen LogP contribution in [-0.4, -0.2) is 40.6 Å². The van der Waals surface area contributed by atoms with E-state index in [1.54, 1.807) is 36.5 Å². The summed E-state index contributed by atoms with van der Waals surface area (Å²) in [6.45, 7) is 3.20. The van der Waals surface area contributed by atoms with E-state index in [4.69, 9.17) is 9.47 Å². The molecule has 0 aliphatic carbocycles. The summed E-state index contributed by atoms with van der Waals surface area (Å²) in [5.74, 6) is 1.10. The van der Waals surface area contributed by atoms with Gasteiger partial charge in [-0.05, 0) is 38.1 Å². The van der Waals surface area contributed by atoms with Gasteiger partial charge in [0.15, 0.2) is 28.2 Å². The zero-order chi connectivity index (χ0) is 21.5. The number of hydrogen-bond acceptors (Lipinski definition) is 9. The molecule has 0 spiro atoms. The molecule has 8 nitrogen and oxygen atoms in total. The van der Waals surface area contributed by atoms with Gasteiger partial charge in [0.2, 0.25) is 0 Å². The molecule has 0 unspecified atom stereocenters. The first-order chi connectivity index (χ1) is 14.4. The van der Waals surface area contributed by atoms with Crippen LogP contribution in [0.5, 0.6) is 11.5 Å². The summed E-state index contributed by atoms with van der Waals surface area (Å²) in [5, 5.41) is 11.7. The summed E-state index contributed by atoms with van der Waals surface area (Å²) < 4.78 is 11.8. The summed E-state index contributed by atoms with van der Waals surface area (Å²) in [6.07, 6.45) is 1.56. The lowest BCUT2D eigenvalue weighted by atomic mass is 10.1. The number of carbonyl (C=O) groups is 2. The van der Waals surface area contributed by atoms with Gasteiger partial charge < -0.3 is 14.8 Å². The topological polar surface area (TPSA) is 103 Å². The molecule has 1 amide bonds. The van der Waals surface area contributed by atoms with E-state index in [1.807, 2.05) is 6.92 Å². The highest BCUT2D eigenvalue weighted by atomic mass is 32.2. The van der Waals surface area contributed by atoms with E-state index in [9.17, 15) is 9.59 Å². The maximum absolute atomic E-state index is 12.2. The molecule has 0 aliphatic rings. The van der Waals surface area contributed by atoms with E-state index >= 15 is 0 Å². The average molecular weight is 445 g/mol. The van der Waals surface area contributed by atoms with Gasteiger partial charge in [-0.3, -0.25) is 14.6 Å². The molecule has 0 saturated carbocycles. The Kier molecular flexibility index (Phi) is 7.36. The van der Waals surface area contributed by atoms with Crippen LogP contribution in [0.3, 0.4) is 0 Å². The summed E-state index contributed by atoms with van der Waals surface area (Å²) in [4.78, 5) is 27.9. The fraction of sp³-hybridized carbons (Fsp3) is 0.250. The number of aromatic nitrogens is 3. The average Bonchev–Trinajstić information content (AvgIpc) is 3.16. The molecule has 1 aromatic carbocycles. The number of nitrogens with one attached hydrogen (secondary N) is 1. The molecular weight excluding hydrogens is 424 g/mol. The number of benzene rings is 1. The van der Waals surface area contributed by atoms with Gasteiger partial charge in [-0.25, -0.2) is 0 Å². The Labute approximate surface area is 182 Å². The van der Waals surface area contributed by atoms with Gasteiger partial charge >= 0.3 is 0 Å². The van der Waals surface area contributed by atoms with Crippen LogP contribution in [0.2, 0.25) is 0 Å². The van der Waals surface area contributed by atoms with Crippen LogP contribution >= 0.6 is 23.1 Å². The highest BCUT2D eigenvalue weighted by Crippen LogP contribution is 2.30. The standard InChI is InChI=1S/C20H20N4O4S2/c1-12(25)14-4-6-15(7-5-14)22-19(26)10-28-17-8-16(21-9-18(17)27-3)11-29-20-24-23-13(2)30-20/h4-9H,10-11H2,1-3H3,(H,22,26). The number of thioether (sulfide) groups is 1. The molecule has 1 N–H and O–H groups in total. The van der Waals surface area contributed by atoms with Gasteiger partial charge in [0, 0.05) is 23.1 Å². The van der Waals surface area contributed by atoms with Crippen molar-refractivity contribution in [3.63, 3.8) is 0 Å². The van der Waals surface area contributed by atoms with Crippen LogP contribution in [0.15, 0.2) is 40.9 Å². The lowest BCUT2D eigenvalue weighted by Crippen LogP contribution is -2.20. The molecule has 3 aromatic rings. The first-order valence-corrected chi connectivity index (χ1v) is 10.7. The Hall–Kier alpha value is -2.98. The van der Waals surface area contributed by atoms with Crippen LogP contribution in [0, 0.1) is 6.92 Å². The Morgan fingerprint density at radius 2 is 1.93 bits per heavy atom. The number of carbonyl (C=O) groups excluding carboxylic acids is 2. The van der Waals surface area contributed by atoms with Crippen molar-refractivity contribution < 1.29 is 19.1 Å². The monoisotopic (exact) mass is 444 g/mol. The van der Waals surface area contributed by atoms with E-state index in [0.29, 0.717) is 28.5 Å². The number of hydrogen-bond donors (Lipinski definition) is 1. The molecule has 0 bridgehead atoms. The Morgan fingerprint density at radius 1 is 1.17 bits per heavy atom. The zero-order valence-corrected chi connectivity index (χ0v) is 18.3. The maximum atomic E-state index is 12.2. The number of Topliss-reactive ketones (excluding diaryl/α,β-unsaturated/α-hetero) is 1. The van der Waals surface area contributed by atoms with Gasteiger partial charge in [0.05, 0.1) is 19.0 Å². The third-order valence-electron chi connectivity index (χ3n) is 3.89. The molecule has 2 heterocycles. The molecule has 0 radical (unpaired) electrons. The molecule has 10 heteroatoms. The fourth-order valence-corrected chi connectivity index (χ4v) is 4.13. The van der Waals surface area contributed by atoms with Gasteiger partial charge in [-0.1, -0.05) is 23.1 Å². The Bertz CT molecular complexity index is 1040. The second-order valence-corrected chi connectivity index (χ2v) is 8.58. The fourth-order valence-electron chi connectivity index (χ4n) is 2.41. The number of anilines is 1. The van der Waals surface area contributed by atoms with E-state index in [1.165, 1.54) is 37.1 Å². The Balaban J connectivity index is 1.58. The molecule has 3 rings (SSSR count). The quantitative estimate of drug-likeness (QED) is 0.393. The van der Waals surface area contributed by atoms with Gasteiger partial charge in [-0.2, -0.15) is 0 Å². The van der Waals surface area contributed by atoms with Crippen molar-refractivity contribution in [2.45, 2.75) is 23.9 Å². The number of ether oxygens (including phenoxy) is 2. The molecular formula is C20H20N4O4S2. The third-order valence-corrected chi connectivity index (χ3v) is 5.90. The van der Waals surface area contributed by atoms with Crippen LogP contribution in [0.1, 0.15) is 28.0 Å². The molecule has 2 aromatic heterocycles. The van der Waals surface area contributed by atoms with Gasteiger partial charge in [0.1, 0.15) is 5.01 Å². The smallest absolute Gasteiger partial charge is 0.262 e. The second-order valence-electron chi connectivity index (χ2n) is 6.17. The highest BCUT2D eigenvalue weighted by Gasteiger charge is 2.12. The number of ketones is 1. The van der Waals surface area contributed by atoms with Crippen LogP contribution in [-0.2, 0) is 10.5 Å². The Morgan fingerprint density at radius 3 is 2.57 bits per heavy atom. The molecule has 0 fully saturated rings. The van der Waals surface area contributed by atoms with Gasteiger partial charge in [-0.15, -0.1) is 10.2 Å². The lowest BCUT2D eigenvalue weighted by Gasteiger charge is -2.12. The van der Waals surface area contributed by atoms with Crippen molar-refractivity contribution in [1.82, 2.24) is 15.2 Å². The number of pyridine rings is 1. The number of methoxy groups -OCH3 is 1. The first kappa shape index (κ1) is 21.7. The zero-order valence-electron chi connectivity index (χ0n) is 16.7. The van der Waals surface area contributed by atoms with Crippen LogP contribution in [0.25, 0.3) is 0 Å². The SMILES string of the molecule is COc1cnc(CSc2nnc(C)s2)cc1OCC(=O)Nc1ccc(C(C)=O)cc1. The van der Waals surface area contributed by atoms with Crippen molar-refractivity contribution in [3.05, 3.63) is 52.8 Å². The van der Waals surface area contributed by atoms with Gasteiger partial charge in [0.25, 0.3) is 5.91 Å². The maximum Gasteiger partial charge on any atom is 0.262 e. The summed E-state index contributed by atoms with van der Waals surface area (Å²) in [6, 6.07) is 8.41. The van der Waals surface area contributed by atoms with Crippen molar-refractivity contribution in [2.75, 3.05) is 19.0 Å². The molecule has 0 aliphatic heterocycles. The summed E-state index contributed by atoms with van der Waals surface area (Å²) in [7, 11) is 1.51. The van der Waals surface area contributed by atoms with E-state index in [-0.39, 0.29) is 18.3 Å². The minimum atomic E-state index is -0.329. The van der Waals surface area contributed by atoms with Crippen molar-refractivity contribution in [3.8, 4) is 11.5 Å². The molecule has 156 valence electrons. The highest BCUT2D eigenvalue weighted by molar-refractivity contribution is 8.00. The predicted octanol–water partition coefficient (Wildman–Crippen LogP) is 3.76. The molecule has 30 heavy (non-hydrogen) atoms. The minimum absolute atomic E-state index is 0.0313. The van der Waals surface area contributed by atoms with E-state index < -0.39 is 0 Å². The number of aryl methyl sites for hydroxylation is 1. The summed E-state index contributed by atoms with van der Waals surface area (Å²) in [5.41, 5.74) is 1.93. The predicted molar refractivity (Wildman–Crippen MR) is 116 cm³/mol. The number of amides is 1. The van der Waals surface area contributed by atoms with Crippen LogP contribution < -0.4 is 14.8 Å².